The van der Waals surface area contributed by atoms with Crippen LogP contribution >= 0.6 is 0 Å². The molecule has 2 rings (SSSR count). The lowest BCUT2D eigenvalue weighted by Crippen LogP contribution is -2.36. The molecule has 0 radical (unpaired) electrons. The molecule has 0 amide bonds. The summed E-state index contributed by atoms with van der Waals surface area (Å²) >= 11 is 0. The first-order valence-corrected chi connectivity index (χ1v) is 6.05. The van der Waals surface area contributed by atoms with Gasteiger partial charge in [-0.1, -0.05) is 0 Å². The molecule has 7 heteroatoms. The molecule has 104 valence electrons. The van der Waals surface area contributed by atoms with Crippen molar-refractivity contribution >= 4 is 17.7 Å². The predicted molar refractivity (Wildman–Crippen MR) is 70.5 cm³/mol. The summed E-state index contributed by atoms with van der Waals surface area (Å²) in [6.45, 7) is 0.525. The van der Waals surface area contributed by atoms with Crippen molar-refractivity contribution in [2.24, 2.45) is 0 Å². The van der Waals surface area contributed by atoms with Crippen molar-refractivity contribution in [3.05, 3.63) is 12.3 Å². The first-order chi connectivity index (χ1) is 9.02. The Morgan fingerprint density at radius 2 is 2.32 bits per heavy atom. The van der Waals surface area contributed by atoms with Crippen LogP contribution in [0.5, 0.6) is 0 Å². The van der Waals surface area contributed by atoms with Gasteiger partial charge in [-0.15, -0.1) is 0 Å². The Morgan fingerprint density at radius 1 is 1.58 bits per heavy atom. The predicted octanol–water partition coefficient (Wildman–Crippen LogP) is 0.221. The first-order valence-electron chi connectivity index (χ1n) is 6.05. The largest absolute Gasteiger partial charge is 0.480 e. The van der Waals surface area contributed by atoms with Crippen LogP contribution in [0.4, 0.5) is 11.8 Å². The van der Waals surface area contributed by atoms with Gasteiger partial charge >= 0.3 is 5.97 Å². The number of carbonyl (C=O) groups is 1. The molecule has 0 aliphatic carbocycles. The lowest BCUT2D eigenvalue weighted by Gasteiger charge is -2.23. The van der Waals surface area contributed by atoms with Gasteiger partial charge in [0.1, 0.15) is 11.9 Å². The summed E-state index contributed by atoms with van der Waals surface area (Å²) in [6, 6.07) is 1.12. The summed E-state index contributed by atoms with van der Waals surface area (Å²) in [6.07, 6.45) is 2.02. The maximum absolute atomic E-state index is 11.3. The molecule has 1 aromatic rings. The molecule has 2 heterocycles. The summed E-state index contributed by atoms with van der Waals surface area (Å²) in [7, 11) is 5.28. The van der Waals surface area contributed by atoms with Gasteiger partial charge in [0, 0.05) is 40.4 Å². The van der Waals surface area contributed by atoms with Gasteiger partial charge in [-0.05, 0) is 6.07 Å². The van der Waals surface area contributed by atoms with E-state index in [0.29, 0.717) is 24.7 Å². The summed E-state index contributed by atoms with van der Waals surface area (Å²) in [5, 5.41) is 9.29. The van der Waals surface area contributed by atoms with E-state index in [-0.39, 0.29) is 6.10 Å². The fourth-order valence-electron chi connectivity index (χ4n) is 2.17. The average molecular weight is 266 g/mol. The Hall–Kier alpha value is -1.89. The number of hydrogen-bond donors (Lipinski definition) is 1. The van der Waals surface area contributed by atoms with Crippen LogP contribution in [0.3, 0.4) is 0 Å². The SMILES string of the molecule is COC1CC(C(=O)O)N(c2ccnc(N(C)C)n2)C1. The quantitative estimate of drug-likeness (QED) is 0.835. The second kappa shape index (κ2) is 5.40. The number of nitrogens with zero attached hydrogens (tertiary/aromatic N) is 4. The topological polar surface area (TPSA) is 78.8 Å². The zero-order chi connectivity index (χ0) is 14.0. The number of carboxylic acids is 1. The van der Waals surface area contributed by atoms with Crippen LogP contribution in [-0.4, -0.2) is 60.9 Å². The second-order valence-electron chi connectivity index (χ2n) is 4.71. The number of carboxylic acid groups (broad SMARTS) is 1. The molecule has 1 aliphatic heterocycles. The van der Waals surface area contributed by atoms with E-state index in [0.717, 1.165) is 0 Å². The average Bonchev–Trinajstić information content (AvgIpc) is 2.83. The van der Waals surface area contributed by atoms with Gasteiger partial charge < -0.3 is 19.6 Å². The van der Waals surface area contributed by atoms with E-state index in [4.69, 9.17) is 4.74 Å². The molecule has 0 aromatic carbocycles. The minimum absolute atomic E-state index is 0.0844. The van der Waals surface area contributed by atoms with Gasteiger partial charge in [0.05, 0.1) is 6.10 Å². The number of ether oxygens (including phenoxy) is 1. The highest BCUT2D eigenvalue weighted by Gasteiger charge is 2.37. The maximum Gasteiger partial charge on any atom is 0.326 e. The van der Waals surface area contributed by atoms with Crippen LogP contribution in [0.1, 0.15) is 6.42 Å². The van der Waals surface area contributed by atoms with Crippen molar-refractivity contribution in [3.8, 4) is 0 Å². The highest BCUT2D eigenvalue weighted by Crippen LogP contribution is 2.26. The Labute approximate surface area is 111 Å². The fourth-order valence-corrected chi connectivity index (χ4v) is 2.17. The number of rotatable bonds is 4. The molecular weight excluding hydrogens is 248 g/mol. The number of anilines is 2. The van der Waals surface area contributed by atoms with E-state index < -0.39 is 12.0 Å². The molecule has 1 aromatic heterocycles. The van der Waals surface area contributed by atoms with Crippen molar-refractivity contribution in [2.75, 3.05) is 37.5 Å². The van der Waals surface area contributed by atoms with Gasteiger partial charge in [-0.25, -0.2) is 9.78 Å². The van der Waals surface area contributed by atoms with E-state index in [1.54, 1.807) is 29.2 Å². The number of hydrogen-bond acceptors (Lipinski definition) is 6. The first kappa shape index (κ1) is 13.5. The van der Waals surface area contributed by atoms with Gasteiger partial charge in [-0.3, -0.25) is 0 Å². The molecule has 1 N–H and O–H groups in total. The molecule has 0 saturated carbocycles. The van der Waals surface area contributed by atoms with E-state index in [1.807, 2.05) is 14.1 Å². The van der Waals surface area contributed by atoms with Crippen molar-refractivity contribution in [2.45, 2.75) is 18.6 Å². The van der Waals surface area contributed by atoms with Gasteiger partial charge in [-0.2, -0.15) is 4.98 Å². The standard InChI is InChI=1S/C12H18N4O3/c1-15(2)12-13-5-4-10(14-12)16-7-8(19-3)6-9(16)11(17)18/h4-5,8-9H,6-7H2,1-3H3,(H,17,18). The number of methoxy groups -OCH3 is 1. The molecule has 2 atom stereocenters. The summed E-state index contributed by atoms with van der Waals surface area (Å²) in [5.41, 5.74) is 0. The van der Waals surface area contributed by atoms with Crippen molar-refractivity contribution in [1.82, 2.24) is 9.97 Å². The highest BCUT2D eigenvalue weighted by atomic mass is 16.5. The summed E-state index contributed by atoms with van der Waals surface area (Å²) in [4.78, 5) is 23.4. The molecule has 19 heavy (non-hydrogen) atoms. The Bertz CT molecular complexity index is 466. The monoisotopic (exact) mass is 266 g/mol. The summed E-state index contributed by atoms with van der Waals surface area (Å²) in [5.74, 6) is 0.317. The minimum atomic E-state index is -0.857. The van der Waals surface area contributed by atoms with Gasteiger partial charge in [0.15, 0.2) is 0 Å². The normalized spacial score (nSPS) is 22.6. The molecule has 7 nitrogen and oxygen atoms in total. The van der Waals surface area contributed by atoms with E-state index in [2.05, 4.69) is 9.97 Å². The molecular formula is C12H18N4O3. The molecule has 1 aliphatic rings. The van der Waals surface area contributed by atoms with Crippen LogP contribution in [0.25, 0.3) is 0 Å². The Kier molecular flexibility index (Phi) is 3.84. The Morgan fingerprint density at radius 3 is 2.89 bits per heavy atom. The lowest BCUT2D eigenvalue weighted by molar-refractivity contribution is -0.138. The van der Waals surface area contributed by atoms with Gasteiger partial charge in [0.25, 0.3) is 0 Å². The van der Waals surface area contributed by atoms with E-state index in [1.165, 1.54) is 0 Å². The zero-order valence-corrected chi connectivity index (χ0v) is 11.3. The molecule has 1 saturated heterocycles. The third kappa shape index (κ3) is 2.76. The van der Waals surface area contributed by atoms with Crippen LogP contribution in [0, 0.1) is 0 Å². The third-order valence-corrected chi connectivity index (χ3v) is 3.20. The molecule has 0 bridgehead atoms. The zero-order valence-electron chi connectivity index (χ0n) is 11.3. The highest BCUT2D eigenvalue weighted by molar-refractivity contribution is 5.78. The van der Waals surface area contributed by atoms with Crippen LogP contribution in [0.15, 0.2) is 12.3 Å². The third-order valence-electron chi connectivity index (χ3n) is 3.20. The van der Waals surface area contributed by atoms with Crippen LogP contribution < -0.4 is 9.80 Å². The minimum Gasteiger partial charge on any atom is -0.480 e. The van der Waals surface area contributed by atoms with Gasteiger partial charge in [0.2, 0.25) is 5.95 Å². The molecule has 2 unspecified atom stereocenters. The summed E-state index contributed by atoms with van der Waals surface area (Å²) < 4.78 is 5.26. The van der Waals surface area contributed by atoms with Crippen molar-refractivity contribution in [3.63, 3.8) is 0 Å². The van der Waals surface area contributed by atoms with Crippen molar-refractivity contribution < 1.29 is 14.6 Å². The Balaban J connectivity index is 2.28. The number of aliphatic carboxylic acids is 1. The smallest absolute Gasteiger partial charge is 0.326 e. The van der Waals surface area contributed by atoms with E-state index in [9.17, 15) is 9.90 Å². The fraction of sp³-hybridized carbons (Fsp3) is 0.583. The van der Waals surface area contributed by atoms with Crippen LogP contribution in [-0.2, 0) is 9.53 Å². The maximum atomic E-state index is 11.3. The van der Waals surface area contributed by atoms with Crippen molar-refractivity contribution in [1.29, 1.82) is 0 Å². The second-order valence-corrected chi connectivity index (χ2v) is 4.71. The molecule has 0 spiro atoms. The molecule has 1 fully saturated rings. The van der Waals surface area contributed by atoms with E-state index >= 15 is 0 Å². The van der Waals surface area contributed by atoms with Crippen LogP contribution in [0.2, 0.25) is 0 Å². The number of aromatic nitrogens is 2. The lowest BCUT2D eigenvalue weighted by atomic mass is 10.2.